The Kier molecular flexibility index (Phi) is 6.18. The maximum Gasteiger partial charge on any atom is 0.254 e. The minimum absolute atomic E-state index is 0.106. The van der Waals surface area contributed by atoms with Crippen LogP contribution >= 0.6 is 0 Å². The quantitative estimate of drug-likeness (QED) is 0.622. The van der Waals surface area contributed by atoms with Gasteiger partial charge in [0.1, 0.15) is 5.82 Å². The van der Waals surface area contributed by atoms with Crippen molar-refractivity contribution < 1.29 is 14.0 Å². The monoisotopic (exact) mass is 442 g/mol. The Balaban J connectivity index is 1.84. The number of pyridine rings is 1. The summed E-state index contributed by atoms with van der Waals surface area (Å²) in [5.74, 6) is -1.74. The zero-order chi connectivity index (χ0) is 23.5. The minimum Gasteiger partial charge on any atom is -0.330 e. The Morgan fingerprint density at radius 3 is 2.70 bits per heavy atom. The second kappa shape index (κ2) is 9.21. The Labute approximate surface area is 191 Å². The molecule has 2 aromatic carbocycles. The van der Waals surface area contributed by atoms with Gasteiger partial charge in [-0.1, -0.05) is 38.1 Å². The molecule has 166 valence electrons. The number of benzene rings is 2. The number of aromatic nitrogens is 1. The molecule has 6 nitrogen and oxygen atoms in total. The predicted molar refractivity (Wildman–Crippen MR) is 122 cm³/mol. The van der Waals surface area contributed by atoms with Crippen LogP contribution in [0, 0.1) is 23.1 Å². The van der Waals surface area contributed by atoms with Gasteiger partial charge in [-0.3, -0.25) is 14.6 Å². The highest BCUT2D eigenvalue weighted by Crippen LogP contribution is 2.43. The van der Waals surface area contributed by atoms with Crippen LogP contribution in [0.1, 0.15) is 52.9 Å². The molecular formula is C26H23FN4O2. The molecule has 33 heavy (non-hydrogen) atoms. The zero-order valence-corrected chi connectivity index (χ0v) is 18.3. The van der Waals surface area contributed by atoms with E-state index in [9.17, 15) is 14.0 Å². The van der Waals surface area contributed by atoms with Crippen molar-refractivity contribution in [2.24, 2.45) is 5.92 Å². The summed E-state index contributed by atoms with van der Waals surface area (Å²) in [4.78, 5) is 33.1. The summed E-state index contributed by atoms with van der Waals surface area (Å²) < 4.78 is 14.0. The average Bonchev–Trinajstić information content (AvgIpc) is 2.80. The molecule has 0 spiro atoms. The van der Waals surface area contributed by atoms with E-state index in [0.717, 1.165) is 11.6 Å². The molecule has 0 fully saturated rings. The Bertz CT molecular complexity index is 1240. The van der Waals surface area contributed by atoms with E-state index in [1.165, 1.54) is 12.1 Å². The van der Waals surface area contributed by atoms with E-state index in [2.05, 4.69) is 10.3 Å². The maximum atomic E-state index is 14.0. The summed E-state index contributed by atoms with van der Waals surface area (Å²) in [6, 6.07) is 15.7. The van der Waals surface area contributed by atoms with Gasteiger partial charge in [-0.15, -0.1) is 0 Å². The lowest BCUT2D eigenvalue weighted by molar-refractivity contribution is -0.119. The summed E-state index contributed by atoms with van der Waals surface area (Å²) in [5.41, 5.74) is 2.10. The van der Waals surface area contributed by atoms with Crippen LogP contribution in [0.3, 0.4) is 0 Å². The second-order valence-corrected chi connectivity index (χ2v) is 8.48. The number of carbonyl (C=O) groups excluding carboxylic acids is 2. The topological polar surface area (TPSA) is 86.1 Å². The van der Waals surface area contributed by atoms with Crippen LogP contribution in [0.4, 0.5) is 10.1 Å². The molecule has 7 heteroatoms. The number of carbonyl (C=O) groups is 2. The second-order valence-electron chi connectivity index (χ2n) is 8.48. The highest BCUT2D eigenvalue weighted by Gasteiger charge is 2.44. The number of fused-ring (bicyclic) bond motifs is 1. The van der Waals surface area contributed by atoms with E-state index in [4.69, 9.17) is 5.26 Å². The van der Waals surface area contributed by atoms with Crippen molar-refractivity contribution in [3.8, 4) is 6.07 Å². The number of rotatable bonds is 5. The number of hydrogen-bond donors (Lipinski definition) is 1. The van der Waals surface area contributed by atoms with Crippen LogP contribution in [0.25, 0.3) is 0 Å². The number of nitrogens with one attached hydrogen (secondary N) is 1. The van der Waals surface area contributed by atoms with Crippen LogP contribution in [-0.4, -0.2) is 28.2 Å². The molecule has 1 aromatic heterocycles. The van der Waals surface area contributed by atoms with Gasteiger partial charge in [0.2, 0.25) is 5.91 Å². The normalized spacial score (nSPS) is 17.4. The number of nitriles is 1. The van der Waals surface area contributed by atoms with Crippen LogP contribution in [0.2, 0.25) is 0 Å². The fourth-order valence-electron chi connectivity index (χ4n) is 4.34. The molecule has 0 aliphatic carbocycles. The number of nitrogens with zero attached hydrogens (tertiary/aromatic N) is 3. The Morgan fingerprint density at radius 1 is 1.21 bits per heavy atom. The molecular weight excluding hydrogens is 419 g/mol. The van der Waals surface area contributed by atoms with Gasteiger partial charge in [0.25, 0.3) is 5.91 Å². The number of anilines is 1. The first kappa shape index (κ1) is 22.2. The molecule has 2 unspecified atom stereocenters. The standard InChI is InChI=1S/C26H23FN4O2/c1-16(2)15-31-24(18-6-5-9-29-14-18)23(21-7-3-4-8-22(21)26(31)33)25(32)30-20-11-17(13-28)10-19(27)12-20/h3-12,14,16,23-24H,15H2,1-2H3,(H,30,32). The third-order valence-electron chi connectivity index (χ3n) is 5.60. The first-order chi connectivity index (χ1) is 15.9. The van der Waals surface area contributed by atoms with Crippen molar-refractivity contribution in [3.63, 3.8) is 0 Å². The van der Waals surface area contributed by atoms with E-state index in [1.54, 1.807) is 47.6 Å². The van der Waals surface area contributed by atoms with E-state index < -0.39 is 23.7 Å². The lowest BCUT2D eigenvalue weighted by Crippen LogP contribution is -2.47. The lowest BCUT2D eigenvalue weighted by Gasteiger charge is -2.42. The number of hydrogen-bond acceptors (Lipinski definition) is 4. The van der Waals surface area contributed by atoms with E-state index in [0.29, 0.717) is 17.7 Å². The van der Waals surface area contributed by atoms with Crippen LogP contribution < -0.4 is 5.32 Å². The third-order valence-corrected chi connectivity index (χ3v) is 5.60. The van der Waals surface area contributed by atoms with Crippen molar-refractivity contribution in [1.29, 1.82) is 5.26 Å². The van der Waals surface area contributed by atoms with Gasteiger partial charge < -0.3 is 10.2 Å². The van der Waals surface area contributed by atoms with E-state index in [1.807, 2.05) is 26.0 Å². The van der Waals surface area contributed by atoms with Gasteiger partial charge in [-0.2, -0.15) is 5.26 Å². The van der Waals surface area contributed by atoms with Crippen molar-refractivity contribution in [3.05, 3.63) is 95.1 Å². The van der Waals surface area contributed by atoms with Gasteiger partial charge in [-0.25, -0.2) is 4.39 Å². The van der Waals surface area contributed by atoms with Gasteiger partial charge in [0, 0.05) is 30.2 Å². The summed E-state index contributed by atoms with van der Waals surface area (Å²) in [6.07, 6.45) is 3.30. The molecule has 3 aromatic rings. The first-order valence-corrected chi connectivity index (χ1v) is 10.7. The summed E-state index contributed by atoms with van der Waals surface area (Å²) in [7, 11) is 0. The largest absolute Gasteiger partial charge is 0.330 e. The Hall–Kier alpha value is -4.05. The molecule has 2 amide bonds. The number of amides is 2. The van der Waals surface area contributed by atoms with E-state index >= 15 is 0 Å². The van der Waals surface area contributed by atoms with Gasteiger partial charge >= 0.3 is 0 Å². The molecule has 0 saturated carbocycles. The van der Waals surface area contributed by atoms with Crippen LogP contribution in [-0.2, 0) is 4.79 Å². The summed E-state index contributed by atoms with van der Waals surface area (Å²) in [5, 5.41) is 11.9. The van der Waals surface area contributed by atoms with Gasteiger partial charge in [0.05, 0.1) is 23.6 Å². The smallest absolute Gasteiger partial charge is 0.254 e. The molecule has 2 heterocycles. The molecule has 2 atom stereocenters. The highest BCUT2D eigenvalue weighted by molar-refractivity contribution is 6.04. The minimum atomic E-state index is -0.754. The van der Waals surface area contributed by atoms with Gasteiger partial charge in [0.15, 0.2) is 0 Å². The van der Waals surface area contributed by atoms with Crippen LogP contribution in [0.15, 0.2) is 67.0 Å². The average molecular weight is 442 g/mol. The van der Waals surface area contributed by atoms with Crippen molar-refractivity contribution in [2.45, 2.75) is 25.8 Å². The first-order valence-electron chi connectivity index (χ1n) is 10.7. The number of halogens is 1. The SMILES string of the molecule is CC(C)CN1C(=O)c2ccccc2C(C(=O)Nc2cc(F)cc(C#N)c2)C1c1cccnc1. The fraction of sp³-hybridized carbons (Fsp3) is 0.231. The molecule has 0 radical (unpaired) electrons. The molecule has 1 aliphatic rings. The molecule has 1 aliphatic heterocycles. The zero-order valence-electron chi connectivity index (χ0n) is 18.3. The van der Waals surface area contributed by atoms with Gasteiger partial charge in [-0.05, 0) is 47.4 Å². The lowest BCUT2D eigenvalue weighted by atomic mass is 9.79. The predicted octanol–water partition coefficient (Wildman–Crippen LogP) is 4.67. The fourth-order valence-corrected chi connectivity index (χ4v) is 4.34. The molecule has 4 rings (SSSR count). The highest BCUT2D eigenvalue weighted by atomic mass is 19.1. The third kappa shape index (κ3) is 4.46. The summed E-state index contributed by atoms with van der Waals surface area (Å²) >= 11 is 0. The molecule has 1 N–H and O–H groups in total. The van der Waals surface area contributed by atoms with Crippen molar-refractivity contribution in [2.75, 3.05) is 11.9 Å². The van der Waals surface area contributed by atoms with Crippen LogP contribution in [0.5, 0.6) is 0 Å². The maximum absolute atomic E-state index is 14.0. The molecule has 0 bridgehead atoms. The molecule has 0 saturated heterocycles. The van der Waals surface area contributed by atoms with E-state index in [-0.39, 0.29) is 23.1 Å². The Morgan fingerprint density at radius 2 is 2.00 bits per heavy atom. The van der Waals surface area contributed by atoms with Crippen molar-refractivity contribution >= 4 is 17.5 Å². The van der Waals surface area contributed by atoms with Crippen molar-refractivity contribution in [1.82, 2.24) is 9.88 Å². The summed E-state index contributed by atoms with van der Waals surface area (Å²) in [6.45, 7) is 4.48.